The van der Waals surface area contributed by atoms with Crippen LogP contribution in [0, 0.1) is 0 Å². The Balaban J connectivity index is 1.86. The van der Waals surface area contributed by atoms with Crippen molar-refractivity contribution in [3.8, 4) is 0 Å². The number of amides is 1. The maximum absolute atomic E-state index is 12.6. The molecule has 1 fully saturated rings. The van der Waals surface area contributed by atoms with Crippen molar-refractivity contribution in [2.75, 3.05) is 6.54 Å². The lowest BCUT2D eigenvalue weighted by atomic mass is 10.0. The molecule has 2 aromatic rings. The zero-order chi connectivity index (χ0) is 13.9. The van der Waals surface area contributed by atoms with Crippen LogP contribution in [0.15, 0.2) is 29.1 Å². The first-order valence-corrected chi connectivity index (χ1v) is 7.33. The molecular weight excluding hydrogens is 322 g/mol. The first-order chi connectivity index (χ1) is 9.75. The third-order valence-corrected chi connectivity index (χ3v) is 3.93. The maximum Gasteiger partial charge on any atom is 0.273 e. The van der Waals surface area contributed by atoms with Crippen molar-refractivity contribution in [1.82, 2.24) is 25.1 Å². The fraction of sp³-hybridized carbons (Fsp3) is 0.385. The molecule has 1 N–H and O–H groups in total. The monoisotopic (exact) mass is 335 g/mol. The molecule has 1 aliphatic heterocycles. The summed E-state index contributed by atoms with van der Waals surface area (Å²) in [5, 5.41) is 6.75. The van der Waals surface area contributed by atoms with Crippen LogP contribution in [0.25, 0.3) is 0 Å². The van der Waals surface area contributed by atoms with Crippen LogP contribution in [0.2, 0.25) is 0 Å². The summed E-state index contributed by atoms with van der Waals surface area (Å²) in [5.41, 5.74) is 0.458. The number of aromatic amines is 1. The fourth-order valence-electron chi connectivity index (χ4n) is 2.48. The number of pyridine rings is 1. The summed E-state index contributed by atoms with van der Waals surface area (Å²) in [7, 11) is 0. The SMILES string of the molecule is O=C(c1ccc(Br)cn1)N1CCCCC1c1ncn[nH]1. The number of H-pyrrole nitrogens is 1. The number of carbonyl (C=O) groups is 1. The van der Waals surface area contributed by atoms with E-state index in [-0.39, 0.29) is 11.9 Å². The zero-order valence-corrected chi connectivity index (χ0v) is 12.4. The van der Waals surface area contributed by atoms with Crippen LogP contribution in [0.1, 0.15) is 41.6 Å². The predicted octanol–water partition coefficient (Wildman–Crippen LogP) is 2.33. The molecule has 0 radical (unpaired) electrons. The van der Waals surface area contributed by atoms with E-state index < -0.39 is 0 Å². The zero-order valence-electron chi connectivity index (χ0n) is 10.8. The molecule has 1 atom stereocenters. The standard InChI is InChI=1S/C13H14BrN5O/c14-9-4-5-10(15-7-9)13(20)19-6-2-1-3-11(19)12-16-8-17-18-12/h4-5,7-8,11H,1-3,6H2,(H,16,17,18). The summed E-state index contributed by atoms with van der Waals surface area (Å²) >= 11 is 3.32. The van der Waals surface area contributed by atoms with Crippen LogP contribution in [-0.4, -0.2) is 37.5 Å². The smallest absolute Gasteiger partial charge is 0.273 e. The second kappa shape index (κ2) is 5.70. The minimum atomic E-state index is -0.0569. The quantitative estimate of drug-likeness (QED) is 0.913. The molecule has 0 bridgehead atoms. The molecule has 0 aliphatic carbocycles. The highest BCUT2D eigenvalue weighted by Crippen LogP contribution is 2.29. The Kier molecular flexibility index (Phi) is 3.77. The van der Waals surface area contributed by atoms with Gasteiger partial charge >= 0.3 is 0 Å². The number of hydrogen-bond donors (Lipinski definition) is 1. The summed E-state index contributed by atoms with van der Waals surface area (Å²) in [5.74, 6) is 0.689. The fourth-order valence-corrected chi connectivity index (χ4v) is 2.72. The molecule has 2 aromatic heterocycles. The third kappa shape index (κ3) is 2.58. The summed E-state index contributed by atoms with van der Waals surface area (Å²) in [6, 6.07) is 3.52. The molecule has 0 saturated carbocycles. The van der Waals surface area contributed by atoms with E-state index in [4.69, 9.17) is 0 Å². The molecular formula is C13H14BrN5O. The van der Waals surface area contributed by atoms with Crippen molar-refractivity contribution in [2.45, 2.75) is 25.3 Å². The van der Waals surface area contributed by atoms with Gasteiger partial charge in [0, 0.05) is 17.2 Å². The van der Waals surface area contributed by atoms with E-state index in [2.05, 4.69) is 36.1 Å². The average Bonchev–Trinajstić information content (AvgIpc) is 3.01. The molecule has 0 aromatic carbocycles. The Labute approximate surface area is 124 Å². The number of rotatable bonds is 2. The lowest BCUT2D eigenvalue weighted by Gasteiger charge is -2.34. The van der Waals surface area contributed by atoms with E-state index >= 15 is 0 Å². The largest absolute Gasteiger partial charge is 0.327 e. The van der Waals surface area contributed by atoms with Crippen LogP contribution < -0.4 is 0 Å². The van der Waals surface area contributed by atoms with Gasteiger partial charge in [-0.3, -0.25) is 9.89 Å². The van der Waals surface area contributed by atoms with Crippen molar-refractivity contribution in [3.63, 3.8) is 0 Å². The van der Waals surface area contributed by atoms with Crippen LogP contribution in [0.4, 0.5) is 0 Å². The Morgan fingerprint density at radius 1 is 1.35 bits per heavy atom. The van der Waals surface area contributed by atoms with Gasteiger partial charge in [-0.25, -0.2) is 9.97 Å². The number of hydrogen-bond acceptors (Lipinski definition) is 4. The van der Waals surface area contributed by atoms with Crippen LogP contribution >= 0.6 is 15.9 Å². The van der Waals surface area contributed by atoms with Crippen molar-refractivity contribution >= 4 is 21.8 Å². The highest BCUT2D eigenvalue weighted by molar-refractivity contribution is 9.10. The van der Waals surface area contributed by atoms with E-state index in [1.165, 1.54) is 6.33 Å². The van der Waals surface area contributed by atoms with Crippen molar-refractivity contribution in [1.29, 1.82) is 0 Å². The number of likely N-dealkylation sites (tertiary alicyclic amines) is 1. The molecule has 0 spiro atoms. The van der Waals surface area contributed by atoms with Crippen LogP contribution in [-0.2, 0) is 0 Å². The Hall–Kier alpha value is -1.76. The Bertz CT molecular complexity index is 583. The van der Waals surface area contributed by atoms with E-state index in [1.807, 2.05) is 11.0 Å². The highest BCUT2D eigenvalue weighted by atomic mass is 79.9. The number of carbonyl (C=O) groups excluding carboxylic acids is 1. The summed E-state index contributed by atoms with van der Waals surface area (Å²) < 4.78 is 0.861. The molecule has 6 nitrogen and oxygen atoms in total. The van der Waals surface area contributed by atoms with Gasteiger partial charge in [0.15, 0.2) is 0 Å². The minimum Gasteiger partial charge on any atom is -0.327 e. The molecule has 7 heteroatoms. The lowest BCUT2D eigenvalue weighted by Crippen LogP contribution is -2.39. The molecule has 1 amide bonds. The summed E-state index contributed by atoms with van der Waals surface area (Å²) in [6.07, 6.45) is 6.11. The molecule has 1 aliphatic rings. The highest BCUT2D eigenvalue weighted by Gasteiger charge is 2.30. The van der Waals surface area contributed by atoms with E-state index in [0.29, 0.717) is 5.69 Å². The lowest BCUT2D eigenvalue weighted by molar-refractivity contribution is 0.0594. The molecule has 1 saturated heterocycles. The van der Waals surface area contributed by atoms with Gasteiger partial charge in [-0.2, -0.15) is 5.10 Å². The van der Waals surface area contributed by atoms with Gasteiger partial charge < -0.3 is 4.90 Å². The van der Waals surface area contributed by atoms with Gasteiger partial charge in [0.05, 0.1) is 6.04 Å². The second-order valence-corrected chi connectivity index (χ2v) is 5.66. The molecule has 3 rings (SSSR count). The van der Waals surface area contributed by atoms with Crippen molar-refractivity contribution < 1.29 is 4.79 Å². The molecule has 3 heterocycles. The normalized spacial score (nSPS) is 19.1. The predicted molar refractivity (Wildman–Crippen MR) is 75.9 cm³/mol. The second-order valence-electron chi connectivity index (χ2n) is 4.74. The average molecular weight is 336 g/mol. The maximum atomic E-state index is 12.6. The van der Waals surface area contributed by atoms with Gasteiger partial charge in [-0.05, 0) is 47.3 Å². The Morgan fingerprint density at radius 3 is 2.95 bits per heavy atom. The van der Waals surface area contributed by atoms with Crippen molar-refractivity contribution in [2.24, 2.45) is 0 Å². The van der Waals surface area contributed by atoms with Crippen LogP contribution in [0.3, 0.4) is 0 Å². The van der Waals surface area contributed by atoms with E-state index in [9.17, 15) is 4.79 Å². The number of nitrogens with zero attached hydrogens (tertiary/aromatic N) is 4. The van der Waals surface area contributed by atoms with Gasteiger partial charge in [0.25, 0.3) is 5.91 Å². The van der Waals surface area contributed by atoms with E-state index in [0.717, 1.165) is 36.1 Å². The van der Waals surface area contributed by atoms with Gasteiger partial charge in [-0.1, -0.05) is 0 Å². The molecule has 104 valence electrons. The number of piperidine rings is 1. The number of nitrogens with one attached hydrogen (secondary N) is 1. The van der Waals surface area contributed by atoms with Crippen LogP contribution in [0.5, 0.6) is 0 Å². The first kappa shape index (κ1) is 13.2. The van der Waals surface area contributed by atoms with E-state index in [1.54, 1.807) is 12.3 Å². The van der Waals surface area contributed by atoms with Gasteiger partial charge in [-0.15, -0.1) is 0 Å². The number of aromatic nitrogens is 4. The number of halogens is 1. The minimum absolute atomic E-state index is 0.0378. The summed E-state index contributed by atoms with van der Waals surface area (Å²) in [4.78, 5) is 22.8. The Morgan fingerprint density at radius 2 is 2.25 bits per heavy atom. The van der Waals surface area contributed by atoms with Gasteiger partial charge in [0.2, 0.25) is 0 Å². The molecule has 20 heavy (non-hydrogen) atoms. The van der Waals surface area contributed by atoms with Gasteiger partial charge in [0.1, 0.15) is 17.8 Å². The van der Waals surface area contributed by atoms with Crippen molar-refractivity contribution in [3.05, 3.63) is 40.6 Å². The summed E-state index contributed by atoms with van der Waals surface area (Å²) in [6.45, 7) is 0.724. The first-order valence-electron chi connectivity index (χ1n) is 6.53. The molecule has 1 unspecified atom stereocenters. The third-order valence-electron chi connectivity index (χ3n) is 3.46. The topological polar surface area (TPSA) is 74.8 Å².